The summed E-state index contributed by atoms with van der Waals surface area (Å²) in [7, 11) is 0. The van der Waals surface area contributed by atoms with Crippen LogP contribution in [0, 0.1) is 13.8 Å². The smallest absolute Gasteiger partial charge is 0.259 e. The molecule has 0 spiro atoms. The molecular weight excluding hydrogens is 192 g/mol. The van der Waals surface area contributed by atoms with E-state index in [1.807, 2.05) is 6.92 Å². The second kappa shape index (κ2) is 3.08. The topological polar surface area (TPSA) is 65.7 Å². The Labute approximate surface area is 86.3 Å². The summed E-state index contributed by atoms with van der Waals surface area (Å²) < 4.78 is 0. The van der Waals surface area contributed by atoms with Gasteiger partial charge in [0.1, 0.15) is 0 Å². The van der Waals surface area contributed by atoms with Crippen molar-refractivity contribution in [3.8, 4) is 0 Å². The highest BCUT2D eigenvalue weighted by Crippen LogP contribution is 2.20. The van der Waals surface area contributed by atoms with Crippen LogP contribution in [0.15, 0.2) is 11.0 Å². The van der Waals surface area contributed by atoms with Crippen molar-refractivity contribution in [2.24, 2.45) is 0 Å². The lowest BCUT2D eigenvalue weighted by Crippen LogP contribution is -2.17. The van der Waals surface area contributed by atoms with E-state index < -0.39 is 0 Å². The van der Waals surface area contributed by atoms with Crippen LogP contribution in [0.1, 0.15) is 28.5 Å². The monoisotopic (exact) mass is 204 g/mol. The third-order valence-electron chi connectivity index (χ3n) is 2.65. The standard InChI is InChI=1S/C11H12N2O2/c1-5-9-6(2)12-4-8(9)13-11(15)10(5)7(3)14/h4,12H,1-3H3,(H,13,15). The minimum absolute atomic E-state index is 0.198. The van der Waals surface area contributed by atoms with Gasteiger partial charge < -0.3 is 9.97 Å². The number of fused-ring (bicyclic) bond motifs is 1. The molecule has 0 aromatic carbocycles. The summed E-state index contributed by atoms with van der Waals surface area (Å²) in [6.45, 7) is 5.12. The van der Waals surface area contributed by atoms with Crippen LogP contribution in [0.25, 0.3) is 10.9 Å². The molecule has 4 nitrogen and oxygen atoms in total. The first-order valence-corrected chi connectivity index (χ1v) is 4.74. The molecule has 0 fully saturated rings. The molecule has 0 unspecified atom stereocenters. The lowest BCUT2D eigenvalue weighted by Gasteiger charge is -2.03. The number of Topliss-reactive ketones (excluding diaryl/α,β-unsaturated/α-hetero) is 1. The number of aromatic nitrogens is 2. The fraction of sp³-hybridized carbons (Fsp3) is 0.273. The number of aryl methyl sites for hydroxylation is 2. The largest absolute Gasteiger partial charge is 0.363 e. The third-order valence-corrected chi connectivity index (χ3v) is 2.65. The van der Waals surface area contributed by atoms with Gasteiger partial charge >= 0.3 is 0 Å². The van der Waals surface area contributed by atoms with Crippen LogP contribution >= 0.6 is 0 Å². The highest BCUT2D eigenvalue weighted by atomic mass is 16.1. The maximum atomic E-state index is 11.6. The number of ketones is 1. The number of rotatable bonds is 1. The highest BCUT2D eigenvalue weighted by Gasteiger charge is 2.14. The predicted molar refractivity (Wildman–Crippen MR) is 58.4 cm³/mol. The molecule has 0 amide bonds. The van der Waals surface area contributed by atoms with Crippen molar-refractivity contribution >= 4 is 16.7 Å². The average Bonchev–Trinajstić information content (AvgIpc) is 2.46. The first-order chi connectivity index (χ1) is 7.02. The van der Waals surface area contributed by atoms with E-state index in [4.69, 9.17) is 0 Å². The van der Waals surface area contributed by atoms with Crippen molar-refractivity contribution < 1.29 is 4.79 Å². The van der Waals surface area contributed by atoms with Crippen LogP contribution < -0.4 is 5.56 Å². The Balaban J connectivity index is 3.00. The summed E-state index contributed by atoms with van der Waals surface area (Å²) in [5, 5.41) is 0.930. The number of pyridine rings is 1. The fourth-order valence-electron chi connectivity index (χ4n) is 2.01. The summed E-state index contributed by atoms with van der Waals surface area (Å²) in [5.74, 6) is -0.198. The summed E-state index contributed by atoms with van der Waals surface area (Å²) in [6.07, 6.45) is 1.74. The number of nitrogens with one attached hydrogen (secondary N) is 2. The van der Waals surface area contributed by atoms with Gasteiger partial charge in [-0.15, -0.1) is 0 Å². The molecule has 0 aliphatic carbocycles. The summed E-state index contributed by atoms with van der Waals surface area (Å²) in [4.78, 5) is 28.7. The Morgan fingerprint density at radius 3 is 2.60 bits per heavy atom. The zero-order valence-electron chi connectivity index (χ0n) is 8.89. The Kier molecular flexibility index (Phi) is 2.00. The van der Waals surface area contributed by atoms with Crippen LogP contribution in [-0.4, -0.2) is 15.8 Å². The van der Waals surface area contributed by atoms with Crippen LogP contribution in [0.2, 0.25) is 0 Å². The van der Waals surface area contributed by atoms with Crippen molar-refractivity contribution in [3.63, 3.8) is 0 Å². The maximum Gasteiger partial charge on any atom is 0.259 e. The molecule has 2 aromatic rings. The number of hydrogen-bond acceptors (Lipinski definition) is 2. The SMILES string of the molecule is CC(=O)c1c(C)c2c(C)[nH]cc2[nH]c1=O. The normalized spacial score (nSPS) is 10.9. The number of hydrogen-bond donors (Lipinski definition) is 2. The van der Waals surface area contributed by atoms with Crippen molar-refractivity contribution in [1.29, 1.82) is 0 Å². The molecule has 78 valence electrons. The van der Waals surface area contributed by atoms with Gasteiger partial charge in [0.25, 0.3) is 5.56 Å². The van der Waals surface area contributed by atoms with Gasteiger partial charge in [-0.1, -0.05) is 0 Å². The number of H-pyrrole nitrogens is 2. The van der Waals surface area contributed by atoms with Gasteiger partial charge in [-0.25, -0.2) is 0 Å². The molecule has 2 heterocycles. The predicted octanol–water partition coefficient (Wildman–Crippen LogP) is 1.68. The van der Waals surface area contributed by atoms with Crippen molar-refractivity contribution in [2.75, 3.05) is 0 Å². The molecule has 15 heavy (non-hydrogen) atoms. The summed E-state index contributed by atoms with van der Waals surface area (Å²) >= 11 is 0. The number of aromatic amines is 2. The molecule has 2 aromatic heterocycles. The van der Waals surface area contributed by atoms with Gasteiger partial charge in [0, 0.05) is 17.3 Å². The molecule has 0 aliphatic heterocycles. The second-order valence-corrected chi connectivity index (χ2v) is 3.71. The molecule has 4 heteroatoms. The van der Waals surface area contributed by atoms with Crippen LogP contribution in [-0.2, 0) is 0 Å². The van der Waals surface area contributed by atoms with Crippen molar-refractivity contribution in [2.45, 2.75) is 20.8 Å². The zero-order valence-corrected chi connectivity index (χ0v) is 8.89. The first kappa shape index (κ1) is 9.71. The highest BCUT2D eigenvalue weighted by molar-refractivity contribution is 6.00. The van der Waals surface area contributed by atoms with Crippen LogP contribution in [0.4, 0.5) is 0 Å². The third kappa shape index (κ3) is 1.29. The second-order valence-electron chi connectivity index (χ2n) is 3.71. The van der Waals surface area contributed by atoms with E-state index in [9.17, 15) is 9.59 Å². The molecule has 2 N–H and O–H groups in total. The van der Waals surface area contributed by atoms with Crippen molar-refractivity contribution in [1.82, 2.24) is 9.97 Å². The molecule has 0 aliphatic rings. The fourth-order valence-corrected chi connectivity index (χ4v) is 2.01. The Bertz CT molecular complexity index is 605. The van der Waals surface area contributed by atoms with Crippen LogP contribution in [0.3, 0.4) is 0 Å². The molecule has 0 saturated heterocycles. The molecule has 0 radical (unpaired) electrons. The number of carbonyl (C=O) groups excluding carboxylic acids is 1. The lowest BCUT2D eigenvalue weighted by atomic mass is 10.0. The van der Waals surface area contributed by atoms with Gasteiger partial charge in [-0.2, -0.15) is 0 Å². The van der Waals surface area contributed by atoms with E-state index in [-0.39, 0.29) is 16.9 Å². The summed E-state index contributed by atoms with van der Waals surface area (Å²) in [5.41, 5.74) is 2.40. The maximum absolute atomic E-state index is 11.6. The Morgan fingerprint density at radius 2 is 2.00 bits per heavy atom. The molecule has 0 saturated carbocycles. The quantitative estimate of drug-likeness (QED) is 0.694. The van der Waals surface area contributed by atoms with Crippen molar-refractivity contribution in [3.05, 3.63) is 33.4 Å². The summed E-state index contributed by atoms with van der Waals surface area (Å²) in [6, 6.07) is 0. The van der Waals surface area contributed by atoms with E-state index in [1.165, 1.54) is 6.92 Å². The minimum atomic E-state index is -0.313. The average molecular weight is 204 g/mol. The van der Waals surface area contributed by atoms with Gasteiger partial charge in [0.15, 0.2) is 5.78 Å². The van der Waals surface area contributed by atoms with Gasteiger partial charge in [-0.3, -0.25) is 9.59 Å². The van der Waals surface area contributed by atoms with Crippen LogP contribution in [0.5, 0.6) is 0 Å². The first-order valence-electron chi connectivity index (χ1n) is 4.74. The van der Waals surface area contributed by atoms with Gasteiger partial charge in [0.2, 0.25) is 0 Å². The Morgan fingerprint density at radius 1 is 1.33 bits per heavy atom. The van der Waals surface area contributed by atoms with E-state index >= 15 is 0 Å². The molecular formula is C11H12N2O2. The van der Waals surface area contributed by atoms with E-state index in [0.29, 0.717) is 0 Å². The van der Waals surface area contributed by atoms with E-state index in [1.54, 1.807) is 13.1 Å². The van der Waals surface area contributed by atoms with Gasteiger partial charge in [0.05, 0.1) is 11.1 Å². The molecule has 0 atom stereocenters. The Hall–Kier alpha value is -1.84. The minimum Gasteiger partial charge on any atom is -0.363 e. The molecule has 2 rings (SSSR count). The number of carbonyl (C=O) groups is 1. The van der Waals surface area contributed by atoms with Gasteiger partial charge in [-0.05, 0) is 26.3 Å². The molecule has 0 bridgehead atoms. The lowest BCUT2D eigenvalue weighted by molar-refractivity contribution is 0.101. The zero-order chi connectivity index (χ0) is 11.2. The van der Waals surface area contributed by atoms with E-state index in [0.717, 1.165) is 22.2 Å². The van der Waals surface area contributed by atoms with E-state index in [2.05, 4.69) is 9.97 Å².